The number of hydrogen-bond donors (Lipinski definition) is 1. The van der Waals surface area contributed by atoms with Gasteiger partial charge in [-0.2, -0.15) is 17.5 Å². The number of carbonyl (C=O) groups is 1. The first-order valence-corrected chi connectivity index (χ1v) is 11.7. The van der Waals surface area contributed by atoms with Crippen LogP contribution in [0.1, 0.15) is 23.1 Å². The molecule has 2 aliphatic rings. The van der Waals surface area contributed by atoms with Crippen molar-refractivity contribution >= 4 is 21.7 Å². The van der Waals surface area contributed by atoms with Gasteiger partial charge in [-0.1, -0.05) is 12.1 Å². The fourth-order valence-electron chi connectivity index (χ4n) is 4.53. The molecule has 1 N–H and O–H groups in total. The predicted molar refractivity (Wildman–Crippen MR) is 112 cm³/mol. The summed E-state index contributed by atoms with van der Waals surface area (Å²) in [6.45, 7) is 1.15. The fraction of sp³-hybridized carbons (Fsp3) is 0.409. The monoisotopic (exact) mass is 468 g/mol. The van der Waals surface area contributed by atoms with Crippen molar-refractivity contribution in [3.63, 3.8) is 0 Å². The van der Waals surface area contributed by atoms with Crippen molar-refractivity contribution in [3.05, 3.63) is 59.2 Å². The van der Waals surface area contributed by atoms with Gasteiger partial charge < -0.3 is 10.0 Å². The highest BCUT2D eigenvalue weighted by Gasteiger charge is 2.35. The average molecular weight is 468 g/mol. The zero-order chi connectivity index (χ0) is 23.1. The van der Waals surface area contributed by atoms with E-state index in [1.807, 2.05) is 11.0 Å². The Hall–Kier alpha value is -2.59. The molecule has 1 aliphatic carbocycles. The Morgan fingerprint density at radius 1 is 1.00 bits per heavy atom. The first kappa shape index (κ1) is 22.6. The van der Waals surface area contributed by atoms with Crippen molar-refractivity contribution < 1.29 is 31.5 Å². The molecule has 0 saturated carbocycles. The molecule has 4 rings (SSSR count). The predicted octanol–water partition coefficient (Wildman–Crippen LogP) is 3.41. The minimum Gasteiger partial charge on any atom is -0.481 e. The van der Waals surface area contributed by atoms with E-state index in [4.69, 9.17) is 5.11 Å². The van der Waals surface area contributed by atoms with Crippen molar-refractivity contribution in [2.24, 2.45) is 5.92 Å². The molecule has 0 spiro atoms. The van der Waals surface area contributed by atoms with Crippen molar-refractivity contribution in [2.75, 3.05) is 31.1 Å². The minimum atomic E-state index is -4.40. The normalized spacial score (nSPS) is 19.7. The average Bonchev–Trinajstić information content (AvgIpc) is 3.14. The highest BCUT2D eigenvalue weighted by Crippen LogP contribution is 2.35. The van der Waals surface area contributed by atoms with E-state index < -0.39 is 27.7 Å². The molecule has 0 bridgehead atoms. The van der Waals surface area contributed by atoms with Crippen LogP contribution in [-0.4, -0.2) is 50.0 Å². The van der Waals surface area contributed by atoms with Crippen LogP contribution in [0.3, 0.4) is 0 Å². The maximum atomic E-state index is 13.3. The number of alkyl halides is 3. The number of aliphatic carboxylic acids is 1. The number of anilines is 1. The molecule has 1 fully saturated rings. The number of hydrogen-bond acceptors (Lipinski definition) is 4. The first-order valence-electron chi connectivity index (χ1n) is 10.3. The largest absolute Gasteiger partial charge is 0.481 e. The number of carboxylic acids is 1. The lowest BCUT2D eigenvalue weighted by Crippen LogP contribution is -2.48. The van der Waals surface area contributed by atoms with E-state index in [-0.39, 0.29) is 30.3 Å². The smallest absolute Gasteiger partial charge is 0.416 e. The summed E-state index contributed by atoms with van der Waals surface area (Å²) in [4.78, 5) is 13.2. The van der Waals surface area contributed by atoms with E-state index in [9.17, 15) is 26.4 Å². The van der Waals surface area contributed by atoms with Crippen LogP contribution in [0, 0.1) is 5.92 Å². The van der Waals surface area contributed by atoms with Crippen LogP contribution in [0.4, 0.5) is 18.9 Å². The number of benzene rings is 2. The van der Waals surface area contributed by atoms with Crippen molar-refractivity contribution in [2.45, 2.75) is 30.3 Å². The van der Waals surface area contributed by atoms with Crippen molar-refractivity contribution in [1.29, 1.82) is 0 Å². The molecule has 172 valence electrons. The van der Waals surface area contributed by atoms with E-state index in [2.05, 4.69) is 0 Å². The summed E-state index contributed by atoms with van der Waals surface area (Å²) in [7, 11) is -3.76. The topological polar surface area (TPSA) is 77.9 Å². The lowest BCUT2D eigenvalue weighted by atomic mass is 10.0. The summed E-state index contributed by atoms with van der Waals surface area (Å²) in [5.74, 6) is -1.01. The molecule has 1 heterocycles. The SMILES string of the molecule is O=C(O)CC1Cc2cccc(S(=O)(=O)N3CCN(c4ccc(C(F)(F)F)cc4)CC3)c2C1. The molecule has 1 saturated heterocycles. The molecule has 6 nitrogen and oxygen atoms in total. The van der Waals surface area contributed by atoms with E-state index in [0.717, 1.165) is 17.7 Å². The summed E-state index contributed by atoms with van der Waals surface area (Å²) >= 11 is 0. The maximum absolute atomic E-state index is 13.3. The van der Waals surface area contributed by atoms with Crippen LogP contribution in [0.25, 0.3) is 0 Å². The highest BCUT2D eigenvalue weighted by atomic mass is 32.2. The summed E-state index contributed by atoms with van der Waals surface area (Å²) < 4.78 is 66.4. The Morgan fingerprint density at radius 2 is 1.66 bits per heavy atom. The molecule has 1 atom stereocenters. The summed E-state index contributed by atoms with van der Waals surface area (Å²) in [5.41, 5.74) is 1.47. The number of nitrogens with zero attached hydrogens (tertiary/aromatic N) is 2. The Morgan fingerprint density at radius 3 is 2.25 bits per heavy atom. The first-order chi connectivity index (χ1) is 15.1. The van der Waals surface area contributed by atoms with E-state index in [1.54, 1.807) is 12.1 Å². The third-order valence-electron chi connectivity index (χ3n) is 6.11. The van der Waals surface area contributed by atoms with Crippen LogP contribution in [-0.2, 0) is 33.8 Å². The number of fused-ring (bicyclic) bond motifs is 1. The van der Waals surface area contributed by atoms with Gasteiger partial charge in [0.2, 0.25) is 10.0 Å². The van der Waals surface area contributed by atoms with Crippen LogP contribution >= 0.6 is 0 Å². The standard InChI is InChI=1S/C22H23F3N2O4S/c23-22(24,25)17-4-6-18(7-5-17)26-8-10-27(11-9-26)32(30,31)20-3-1-2-16-12-15(13-19(16)20)14-21(28)29/h1-7,15H,8-14H2,(H,28,29). The van der Waals surface area contributed by atoms with Gasteiger partial charge in [-0.25, -0.2) is 8.42 Å². The summed E-state index contributed by atoms with van der Waals surface area (Å²) in [6, 6.07) is 9.96. The van der Waals surface area contributed by atoms with Gasteiger partial charge in [0.1, 0.15) is 0 Å². The zero-order valence-electron chi connectivity index (χ0n) is 17.2. The molecular formula is C22H23F3N2O4S. The van der Waals surface area contributed by atoms with Crippen LogP contribution in [0.15, 0.2) is 47.4 Å². The molecule has 2 aromatic carbocycles. The van der Waals surface area contributed by atoms with E-state index in [1.165, 1.54) is 16.4 Å². The maximum Gasteiger partial charge on any atom is 0.416 e. The molecule has 2 aromatic rings. The Bertz CT molecular complexity index is 1110. The van der Waals surface area contributed by atoms with Crippen molar-refractivity contribution in [3.8, 4) is 0 Å². The second-order valence-corrected chi connectivity index (χ2v) is 10.1. The number of rotatable bonds is 5. The summed E-state index contributed by atoms with van der Waals surface area (Å²) in [5, 5.41) is 9.07. The molecule has 32 heavy (non-hydrogen) atoms. The lowest BCUT2D eigenvalue weighted by Gasteiger charge is -2.35. The van der Waals surface area contributed by atoms with Gasteiger partial charge in [0.05, 0.1) is 10.5 Å². The quantitative estimate of drug-likeness (QED) is 0.728. The van der Waals surface area contributed by atoms with Gasteiger partial charge in [0, 0.05) is 38.3 Å². The second-order valence-electron chi connectivity index (χ2n) is 8.20. The number of sulfonamides is 1. The lowest BCUT2D eigenvalue weighted by molar-refractivity contribution is -0.138. The number of piperazine rings is 1. The third kappa shape index (κ3) is 4.47. The Balaban J connectivity index is 1.47. The van der Waals surface area contributed by atoms with E-state index in [0.29, 0.717) is 37.2 Å². The van der Waals surface area contributed by atoms with Gasteiger partial charge >= 0.3 is 12.1 Å². The van der Waals surface area contributed by atoms with Gasteiger partial charge in [-0.15, -0.1) is 0 Å². The Labute approximate surface area is 184 Å². The minimum absolute atomic E-state index is 0.0000292. The molecular weight excluding hydrogens is 445 g/mol. The van der Waals surface area contributed by atoms with Crippen LogP contribution in [0.5, 0.6) is 0 Å². The summed E-state index contributed by atoms with van der Waals surface area (Å²) in [6.07, 6.45) is -3.43. The van der Waals surface area contributed by atoms with Gasteiger partial charge in [-0.3, -0.25) is 4.79 Å². The van der Waals surface area contributed by atoms with Crippen molar-refractivity contribution in [1.82, 2.24) is 4.31 Å². The third-order valence-corrected chi connectivity index (χ3v) is 8.09. The molecule has 0 amide bonds. The van der Waals surface area contributed by atoms with Gasteiger partial charge in [0.25, 0.3) is 0 Å². The fourth-order valence-corrected chi connectivity index (χ4v) is 6.22. The van der Waals surface area contributed by atoms with Gasteiger partial charge in [0.15, 0.2) is 0 Å². The Kier molecular flexibility index (Phi) is 5.93. The van der Waals surface area contributed by atoms with Gasteiger partial charge in [-0.05, 0) is 60.2 Å². The number of carboxylic acid groups (broad SMARTS) is 1. The molecule has 10 heteroatoms. The molecule has 1 aliphatic heterocycles. The second kappa shape index (κ2) is 8.40. The van der Waals surface area contributed by atoms with E-state index >= 15 is 0 Å². The van der Waals surface area contributed by atoms with Crippen LogP contribution < -0.4 is 4.90 Å². The highest BCUT2D eigenvalue weighted by molar-refractivity contribution is 7.89. The molecule has 1 unspecified atom stereocenters. The molecule has 0 radical (unpaired) electrons. The van der Waals surface area contributed by atoms with Crippen LogP contribution in [0.2, 0.25) is 0 Å². The zero-order valence-corrected chi connectivity index (χ0v) is 18.0. The molecule has 0 aromatic heterocycles. The number of halogens is 3.